The fourth-order valence-corrected chi connectivity index (χ4v) is 1.81. The van der Waals surface area contributed by atoms with E-state index in [0.717, 1.165) is 15.7 Å². The van der Waals surface area contributed by atoms with Crippen LogP contribution in [-0.4, -0.2) is 18.4 Å². The van der Waals surface area contributed by atoms with E-state index < -0.39 is 0 Å². The molecule has 1 rings (SSSR count). The van der Waals surface area contributed by atoms with Crippen LogP contribution in [0.3, 0.4) is 0 Å². The van der Waals surface area contributed by atoms with E-state index in [0.29, 0.717) is 0 Å². The molecule has 0 atom stereocenters. The summed E-state index contributed by atoms with van der Waals surface area (Å²) in [5, 5.41) is 5.33. The molecule has 2 amide bonds. The third-order valence-electron chi connectivity index (χ3n) is 2.41. The number of nitrogens with one attached hydrogen (secondary N) is 2. The van der Waals surface area contributed by atoms with Crippen LogP contribution in [-0.2, 0) is 9.59 Å². The third kappa shape index (κ3) is 4.49. The van der Waals surface area contributed by atoms with E-state index in [1.165, 1.54) is 0 Å². The molecule has 0 aromatic heterocycles. The topological polar surface area (TPSA) is 58.2 Å². The van der Waals surface area contributed by atoms with E-state index in [9.17, 15) is 9.59 Å². The van der Waals surface area contributed by atoms with Crippen LogP contribution < -0.4 is 10.6 Å². The molecular formula is C13H17BrN2O2. The van der Waals surface area contributed by atoms with E-state index in [4.69, 9.17) is 0 Å². The minimum Gasteiger partial charge on any atom is -0.347 e. The average molecular weight is 313 g/mol. The van der Waals surface area contributed by atoms with Crippen molar-refractivity contribution in [3.05, 3.63) is 28.2 Å². The lowest BCUT2D eigenvalue weighted by Crippen LogP contribution is -2.35. The van der Waals surface area contributed by atoms with Gasteiger partial charge >= 0.3 is 0 Å². The van der Waals surface area contributed by atoms with Crippen molar-refractivity contribution in [3.63, 3.8) is 0 Å². The third-order valence-corrected chi connectivity index (χ3v) is 2.90. The Morgan fingerprint density at radius 3 is 2.56 bits per heavy atom. The smallest absolute Gasteiger partial charge is 0.243 e. The second-order valence-corrected chi connectivity index (χ2v) is 5.30. The van der Waals surface area contributed by atoms with Gasteiger partial charge in [0.15, 0.2) is 0 Å². The van der Waals surface area contributed by atoms with Gasteiger partial charge in [0.05, 0.1) is 6.54 Å². The molecule has 0 bridgehead atoms. The molecule has 4 nitrogen and oxygen atoms in total. The van der Waals surface area contributed by atoms with Gasteiger partial charge in [-0.15, -0.1) is 0 Å². The second kappa shape index (κ2) is 6.54. The molecule has 5 heteroatoms. The zero-order valence-corrected chi connectivity index (χ0v) is 12.3. The molecule has 0 spiro atoms. The summed E-state index contributed by atoms with van der Waals surface area (Å²) in [6, 6.07) is 5.60. The molecule has 0 fully saturated rings. The molecule has 98 valence electrons. The van der Waals surface area contributed by atoms with E-state index in [2.05, 4.69) is 26.6 Å². The summed E-state index contributed by atoms with van der Waals surface area (Å²) in [6.45, 7) is 5.47. The van der Waals surface area contributed by atoms with Gasteiger partial charge in [-0.1, -0.05) is 29.8 Å². The van der Waals surface area contributed by atoms with Gasteiger partial charge in [0, 0.05) is 16.1 Å². The number of carbonyl (C=O) groups is 2. The van der Waals surface area contributed by atoms with Crippen LogP contribution >= 0.6 is 15.9 Å². The van der Waals surface area contributed by atoms with E-state index in [1.54, 1.807) is 13.8 Å². The van der Waals surface area contributed by atoms with Crippen LogP contribution in [0.1, 0.15) is 19.4 Å². The highest BCUT2D eigenvalue weighted by atomic mass is 79.9. The number of halogens is 1. The van der Waals surface area contributed by atoms with Crippen LogP contribution in [0.4, 0.5) is 5.69 Å². The van der Waals surface area contributed by atoms with Crippen molar-refractivity contribution >= 4 is 33.4 Å². The molecule has 0 saturated carbocycles. The first-order valence-electron chi connectivity index (χ1n) is 5.74. The van der Waals surface area contributed by atoms with E-state index in [-0.39, 0.29) is 24.3 Å². The Labute approximate surface area is 115 Å². The molecule has 1 aromatic carbocycles. The van der Waals surface area contributed by atoms with Crippen molar-refractivity contribution in [2.24, 2.45) is 5.92 Å². The lowest BCUT2D eigenvalue weighted by Gasteiger charge is -2.10. The monoisotopic (exact) mass is 312 g/mol. The summed E-state index contributed by atoms with van der Waals surface area (Å²) in [5.74, 6) is -0.473. The summed E-state index contributed by atoms with van der Waals surface area (Å²) in [4.78, 5) is 23.0. The van der Waals surface area contributed by atoms with Crippen molar-refractivity contribution in [1.82, 2.24) is 5.32 Å². The van der Waals surface area contributed by atoms with Crippen molar-refractivity contribution < 1.29 is 9.59 Å². The summed E-state index contributed by atoms with van der Waals surface area (Å²) in [7, 11) is 0. The van der Waals surface area contributed by atoms with Gasteiger partial charge < -0.3 is 10.6 Å². The van der Waals surface area contributed by atoms with Crippen LogP contribution in [0.25, 0.3) is 0 Å². The predicted octanol–water partition coefficient (Wildman–Crippen LogP) is 2.47. The Morgan fingerprint density at radius 1 is 1.33 bits per heavy atom. The Hall–Kier alpha value is -1.36. The van der Waals surface area contributed by atoms with Crippen LogP contribution in [0.5, 0.6) is 0 Å². The largest absolute Gasteiger partial charge is 0.347 e. The maximum absolute atomic E-state index is 11.6. The lowest BCUT2D eigenvalue weighted by atomic mass is 10.2. The normalized spacial score (nSPS) is 10.3. The minimum absolute atomic E-state index is 0.00742. The highest BCUT2D eigenvalue weighted by Gasteiger charge is 2.09. The number of benzene rings is 1. The van der Waals surface area contributed by atoms with Crippen LogP contribution in [0.15, 0.2) is 22.7 Å². The van der Waals surface area contributed by atoms with Gasteiger partial charge in [-0.05, 0) is 30.7 Å². The van der Waals surface area contributed by atoms with E-state index in [1.807, 2.05) is 25.1 Å². The molecule has 2 N–H and O–H groups in total. The number of hydrogen-bond donors (Lipinski definition) is 2. The molecule has 18 heavy (non-hydrogen) atoms. The molecule has 0 unspecified atom stereocenters. The Kier molecular flexibility index (Phi) is 5.34. The first kappa shape index (κ1) is 14.7. The highest BCUT2D eigenvalue weighted by Crippen LogP contribution is 2.19. The molecule has 0 saturated heterocycles. The Balaban J connectivity index is 2.52. The molecule has 0 aliphatic heterocycles. The minimum atomic E-state index is -0.227. The molecular weight excluding hydrogens is 296 g/mol. The number of hydrogen-bond acceptors (Lipinski definition) is 2. The predicted molar refractivity (Wildman–Crippen MR) is 75.4 cm³/mol. The number of aryl methyl sites for hydroxylation is 1. The van der Waals surface area contributed by atoms with Gasteiger partial charge in [-0.3, -0.25) is 9.59 Å². The van der Waals surface area contributed by atoms with Gasteiger partial charge in [0.2, 0.25) is 11.8 Å². The molecule has 0 radical (unpaired) electrons. The van der Waals surface area contributed by atoms with Crippen molar-refractivity contribution in [1.29, 1.82) is 0 Å². The number of amides is 2. The first-order valence-corrected chi connectivity index (χ1v) is 6.53. The summed E-state index contributed by atoms with van der Waals surface area (Å²) in [6.07, 6.45) is 0. The lowest BCUT2D eigenvalue weighted by molar-refractivity contribution is -0.126. The summed E-state index contributed by atoms with van der Waals surface area (Å²) < 4.78 is 0.964. The maximum atomic E-state index is 11.6. The van der Waals surface area contributed by atoms with Gasteiger partial charge in [-0.2, -0.15) is 0 Å². The second-order valence-electron chi connectivity index (χ2n) is 4.38. The SMILES string of the molecule is Cc1cc(Br)ccc1NC(=O)CNC(=O)C(C)C. The zero-order chi connectivity index (χ0) is 13.7. The first-order chi connectivity index (χ1) is 8.40. The number of anilines is 1. The quantitative estimate of drug-likeness (QED) is 0.897. The molecule has 0 aliphatic rings. The highest BCUT2D eigenvalue weighted by molar-refractivity contribution is 9.10. The number of rotatable bonds is 4. The standard InChI is InChI=1S/C13H17BrN2O2/c1-8(2)13(18)15-7-12(17)16-11-5-4-10(14)6-9(11)3/h4-6,8H,7H2,1-3H3,(H,15,18)(H,16,17). The van der Waals surface area contributed by atoms with E-state index >= 15 is 0 Å². The van der Waals surface area contributed by atoms with Crippen molar-refractivity contribution in [2.45, 2.75) is 20.8 Å². The Bertz CT molecular complexity index is 458. The molecule has 1 aromatic rings. The Morgan fingerprint density at radius 2 is 2.00 bits per heavy atom. The molecule has 0 aliphatic carbocycles. The fraction of sp³-hybridized carbons (Fsp3) is 0.385. The average Bonchev–Trinajstić information content (AvgIpc) is 2.29. The van der Waals surface area contributed by atoms with Gasteiger partial charge in [0.25, 0.3) is 0 Å². The van der Waals surface area contributed by atoms with Crippen LogP contribution in [0, 0.1) is 12.8 Å². The van der Waals surface area contributed by atoms with Gasteiger partial charge in [0.1, 0.15) is 0 Å². The zero-order valence-electron chi connectivity index (χ0n) is 10.7. The number of carbonyl (C=O) groups excluding carboxylic acids is 2. The fourth-order valence-electron chi connectivity index (χ4n) is 1.33. The van der Waals surface area contributed by atoms with Gasteiger partial charge in [-0.25, -0.2) is 0 Å². The molecule has 0 heterocycles. The van der Waals surface area contributed by atoms with Crippen molar-refractivity contribution in [3.8, 4) is 0 Å². The van der Waals surface area contributed by atoms with Crippen LogP contribution in [0.2, 0.25) is 0 Å². The summed E-state index contributed by atoms with van der Waals surface area (Å²) in [5.41, 5.74) is 1.72. The van der Waals surface area contributed by atoms with Crippen molar-refractivity contribution in [2.75, 3.05) is 11.9 Å². The maximum Gasteiger partial charge on any atom is 0.243 e. The summed E-state index contributed by atoms with van der Waals surface area (Å²) >= 11 is 3.36.